The zero-order valence-electron chi connectivity index (χ0n) is 14.3. The Morgan fingerprint density at radius 1 is 1.32 bits per heavy atom. The molecule has 0 aliphatic carbocycles. The number of hydrogen-bond acceptors (Lipinski definition) is 6. The standard InChI is InChI=1S/C18H19N3O2S2/c1-11(2)13-7-6-12(3)9-14(13)23-10-16(22)19-18-20-17(21-25-18)15-5-4-8-24-15/h4-9,11H,10H2,1-3H3,(H,19,20,21,22). The number of carbonyl (C=O) groups excluding carboxylic acids is 1. The number of thiophene rings is 1. The van der Waals surface area contributed by atoms with Crippen molar-refractivity contribution < 1.29 is 9.53 Å². The molecule has 0 aliphatic heterocycles. The van der Waals surface area contributed by atoms with E-state index in [2.05, 4.69) is 34.6 Å². The molecule has 0 fully saturated rings. The van der Waals surface area contributed by atoms with Crippen LogP contribution in [0.1, 0.15) is 30.9 Å². The first-order chi connectivity index (χ1) is 12.0. The second kappa shape index (κ2) is 7.76. The normalized spacial score (nSPS) is 10.9. The molecule has 2 heterocycles. The molecule has 1 amide bonds. The highest BCUT2D eigenvalue weighted by atomic mass is 32.1. The van der Waals surface area contributed by atoms with Crippen LogP contribution in [0, 0.1) is 6.92 Å². The minimum Gasteiger partial charge on any atom is -0.483 e. The van der Waals surface area contributed by atoms with Crippen LogP contribution in [0.2, 0.25) is 0 Å². The summed E-state index contributed by atoms with van der Waals surface area (Å²) in [5.41, 5.74) is 2.19. The summed E-state index contributed by atoms with van der Waals surface area (Å²) in [5.74, 6) is 1.47. The van der Waals surface area contributed by atoms with E-state index in [1.165, 1.54) is 11.5 Å². The third kappa shape index (κ3) is 4.43. The maximum Gasteiger partial charge on any atom is 0.264 e. The van der Waals surface area contributed by atoms with E-state index < -0.39 is 0 Å². The molecule has 130 valence electrons. The molecule has 0 saturated carbocycles. The van der Waals surface area contributed by atoms with Gasteiger partial charge in [0.05, 0.1) is 4.88 Å². The van der Waals surface area contributed by atoms with Crippen LogP contribution in [0.4, 0.5) is 5.13 Å². The van der Waals surface area contributed by atoms with Gasteiger partial charge in [0.25, 0.3) is 5.91 Å². The van der Waals surface area contributed by atoms with Crippen LogP contribution in [0.3, 0.4) is 0 Å². The smallest absolute Gasteiger partial charge is 0.264 e. The summed E-state index contributed by atoms with van der Waals surface area (Å²) in [6, 6.07) is 9.96. The third-order valence-corrected chi connectivity index (χ3v) is 5.06. The zero-order valence-corrected chi connectivity index (χ0v) is 15.9. The number of nitrogens with one attached hydrogen (secondary N) is 1. The molecule has 0 radical (unpaired) electrons. The summed E-state index contributed by atoms with van der Waals surface area (Å²) in [4.78, 5) is 17.5. The Hall–Kier alpha value is -2.25. The van der Waals surface area contributed by atoms with Gasteiger partial charge in [0.15, 0.2) is 12.4 Å². The van der Waals surface area contributed by atoms with E-state index in [4.69, 9.17) is 4.74 Å². The molecule has 0 bridgehead atoms. The van der Waals surface area contributed by atoms with Crippen molar-refractivity contribution >= 4 is 33.9 Å². The lowest BCUT2D eigenvalue weighted by Gasteiger charge is -2.14. The van der Waals surface area contributed by atoms with Gasteiger partial charge in [-0.2, -0.15) is 9.36 Å². The molecule has 1 aromatic carbocycles. The van der Waals surface area contributed by atoms with Crippen LogP contribution in [0.25, 0.3) is 10.7 Å². The molecule has 3 rings (SSSR count). The summed E-state index contributed by atoms with van der Waals surface area (Å²) in [7, 11) is 0. The fourth-order valence-corrected chi connectivity index (χ4v) is 3.64. The Kier molecular flexibility index (Phi) is 5.45. The van der Waals surface area contributed by atoms with E-state index in [0.717, 1.165) is 21.8 Å². The number of ether oxygens (including phenoxy) is 1. The quantitative estimate of drug-likeness (QED) is 0.679. The molecular weight excluding hydrogens is 354 g/mol. The van der Waals surface area contributed by atoms with Crippen molar-refractivity contribution in [3.8, 4) is 16.5 Å². The van der Waals surface area contributed by atoms with E-state index in [0.29, 0.717) is 16.9 Å². The molecule has 2 aromatic heterocycles. The molecule has 0 saturated heterocycles. The zero-order chi connectivity index (χ0) is 17.8. The van der Waals surface area contributed by atoms with Crippen LogP contribution in [-0.2, 0) is 4.79 Å². The fourth-order valence-electron chi connectivity index (χ4n) is 2.32. The van der Waals surface area contributed by atoms with Gasteiger partial charge in [0.2, 0.25) is 5.13 Å². The van der Waals surface area contributed by atoms with Crippen molar-refractivity contribution in [2.75, 3.05) is 11.9 Å². The van der Waals surface area contributed by atoms with Gasteiger partial charge in [-0.05, 0) is 41.5 Å². The molecule has 7 heteroatoms. The molecule has 3 aromatic rings. The molecule has 25 heavy (non-hydrogen) atoms. The average Bonchev–Trinajstić information content (AvgIpc) is 3.23. The number of aromatic nitrogens is 2. The lowest BCUT2D eigenvalue weighted by Crippen LogP contribution is -2.20. The van der Waals surface area contributed by atoms with Crippen molar-refractivity contribution in [2.24, 2.45) is 0 Å². The van der Waals surface area contributed by atoms with Crippen LogP contribution >= 0.6 is 22.9 Å². The van der Waals surface area contributed by atoms with Gasteiger partial charge in [-0.3, -0.25) is 10.1 Å². The van der Waals surface area contributed by atoms with Gasteiger partial charge in [-0.1, -0.05) is 32.0 Å². The van der Waals surface area contributed by atoms with Crippen molar-refractivity contribution in [3.63, 3.8) is 0 Å². The number of benzene rings is 1. The van der Waals surface area contributed by atoms with Crippen LogP contribution in [0.5, 0.6) is 5.75 Å². The number of aryl methyl sites for hydroxylation is 1. The number of amides is 1. The van der Waals surface area contributed by atoms with E-state index in [-0.39, 0.29) is 12.5 Å². The highest BCUT2D eigenvalue weighted by molar-refractivity contribution is 7.14. The molecule has 0 unspecified atom stereocenters. The van der Waals surface area contributed by atoms with Crippen molar-refractivity contribution in [1.29, 1.82) is 0 Å². The highest BCUT2D eigenvalue weighted by Crippen LogP contribution is 2.28. The van der Waals surface area contributed by atoms with E-state index in [1.54, 1.807) is 11.3 Å². The summed E-state index contributed by atoms with van der Waals surface area (Å²) >= 11 is 2.73. The summed E-state index contributed by atoms with van der Waals surface area (Å²) < 4.78 is 10.0. The maximum atomic E-state index is 12.2. The van der Waals surface area contributed by atoms with Crippen LogP contribution < -0.4 is 10.1 Å². The Morgan fingerprint density at radius 3 is 2.88 bits per heavy atom. The van der Waals surface area contributed by atoms with Crippen LogP contribution in [0.15, 0.2) is 35.7 Å². The van der Waals surface area contributed by atoms with Gasteiger partial charge in [0, 0.05) is 11.5 Å². The summed E-state index contributed by atoms with van der Waals surface area (Å²) in [6.45, 7) is 6.15. The lowest BCUT2D eigenvalue weighted by molar-refractivity contribution is -0.118. The van der Waals surface area contributed by atoms with E-state index in [9.17, 15) is 4.79 Å². The lowest BCUT2D eigenvalue weighted by atomic mass is 10.0. The number of carbonyl (C=O) groups is 1. The van der Waals surface area contributed by atoms with E-state index in [1.807, 2.05) is 36.6 Å². The number of rotatable bonds is 6. The number of hydrogen-bond donors (Lipinski definition) is 1. The van der Waals surface area contributed by atoms with Gasteiger partial charge in [-0.25, -0.2) is 0 Å². The van der Waals surface area contributed by atoms with Crippen molar-refractivity contribution in [3.05, 3.63) is 46.8 Å². The fraction of sp³-hybridized carbons (Fsp3) is 0.278. The minimum absolute atomic E-state index is 0.0584. The second-order valence-electron chi connectivity index (χ2n) is 5.93. The van der Waals surface area contributed by atoms with Crippen molar-refractivity contribution in [1.82, 2.24) is 9.36 Å². The van der Waals surface area contributed by atoms with Crippen molar-refractivity contribution in [2.45, 2.75) is 26.7 Å². The SMILES string of the molecule is Cc1ccc(C(C)C)c(OCC(=O)Nc2nc(-c3cccs3)ns2)c1. The third-order valence-electron chi connectivity index (χ3n) is 3.56. The Labute approximate surface area is 154 Å². The first-order valence-electron chi connectivity index (χ1n) is 7.93. The minimum atomic E-state index is -0.245. The van der Waals surface area contributed by atoms with Gasteiger partial charge < -0.3 is 4.74 Å². The first-order valence-corrected chi connectivity index (χ1v) is 9.59. The van der Waals surface area contributed by atoms with E-state index >= 15 is 0 Å². The summed E-state index contributed by atoms with van der Waals surface area (Å²) in [6.07, 6.45) is 0. The van der Waals surface area contributed by atoms with Crippen LogP contribution in [-0.4, -0.2) is 21.9 Å². The van der Waals surface area contributed by atoms with Gasteiger partial charge in [0.1, 0.15) is 5.75 Å². The molecule has 0 spiro atoms. The van der Waals surface area contributed by atoms with Gasteiger partial charge >= 0.3 is 0 Å². The Bertz CT molecular complexity index is 857. The largest absolute Gasteiger partial charge is 0.483 e. The monoisotopic (exact) mass is 373 g/mol. The molecule has 5 nitrogen and oxygen atoms in total. The topological polar surface area (TPSA) is 64.1 Å². The summed E-state index contributed by atoms with van der Waals surface area (Å²) in [5, 5.41) is 5.19. The maximum absolute atomic E-state index is 12.2. The molecule has 1 N–H and O–H groups in total. The Morgan fingerprint density at radius 2 is 2.16 bits per heavy atom. The predicted octanol–water partition coefficient (Wildman–Crippen LogP) is 4.72. The number of nitrogens with zero attached hydrogens (tertiary/aromatic N) is 2. The second-order valence-corrected chi connectivity index (χ2v) is 7.63. The molecule has 0 atom stereocenters. The predicted molar refractivity (Wildman–Crippen MR) is 103 cm³/mol. The molecule has 0 aliphatic rings. The average molecular weight is 374 g/mol. The molecular formula is C18H19N3O2S2. The number of anilines is 1. The van der Waals surface area contributed by atoms with Gasteiger partial charge in [-0.15, -0.1) is 11.3 Å². The first kappa shape index (κ1) is 17.6. The highest BCUT2D eigenvalue weighted by Gasteiger charge is 2.13. The Balaban J connectivity index is 1.61.